The Bertz CT molecular complexity index is 889. The number of carbonyl (C=O) groups is 1. The fourth-order valence-corrected chi connectivity index (χ4v) is 2.58. The van der Waals surface area contributed by atoms with Gasteiger partial charge < -0.3 is 19.7 Å². The molecule has 0 radical (unpaired) electrons. The SMILES string of the molecule is COc1cc(OC)cc(C(=O)Nc2ccc(N(C)c3ccccc3)nc2)c1. The van der Waals surface area contributed by atoms with Crippen LogP contribution in [0.25, 0.3) is 0 Å². The standard InChI is InChI=1S/C21H21N3O3/c1-24(17-7-5-4-6-8-17)20-10-9-16(14-22-20)23-21(25)15-11-18(26-2)13-19(12-15)27-3/h4-14H,1-3H3,(H,23,25). The Morgan fingerprint density at radius 2 is 1.63 bits per heavy atom. The topological polar surface area (TPSA) is 63.7 Å². The van der Waals surface area contributed by atoms with Crippen LogP contribution in [0.15, 0.2) is 66.9 Å². The van der Waals surface area contributed by atoms with Crippen molar-refractivity contribution < 1.29 is 14.3 Å². The Balaban J connectivity index is 1.74. The van der Waals surface area contributed by atoms with E-state index in [2.05, 4.69) is 10.3 Å². The van der Waals surface area contributed by atoms with Crippen molar-refractivity contribution in [1.29, 1.82) is 0 Å². The van der Waals surface area contributed by atoms with E-state index in [1.54, 1.807) is 38.6 Å². The minimum Gasteiger partial charge on any atom is -0.497 e. The Labute approximate surface area is 158 Å². The van der Waals surface area contributed by atoms with Gasteiger partial charge >= 0.3 is 0 Å². The molecule has 0 saturated carbocycles. The van der Waals surface area contributed by atoms with Crippen LogP contribution in [0, 0.1) is 0 Å². The van der Waals surface area contributed by atoms with Crippen LogP contribution in [0.5, 0.6) is 11.5 Å². The number of para-hydroxylation sites is 1. The summed E-state index contributed by atoms with van der Waals surface area (Å²) in [5.41, 5.74) is 2.08. The van der Waals surface area contributed by atoms with E-state index in [1.807, 2.05) is 54.4 Å². The molecular weight excluding hydrogens is 342 g/mol. The molecule has 138 valence electrons. The highest BCUT2D eigenvalue weighted by molar-refractivity contribution is 6.04. The summed E-state index contributed by atoms with van der Waals surface area (Å²) in [6.07, 6.45) is 1.63. The third kappa shape index (κ3) is 4.36. The highest BCUT2D eigenvalue weighted by Crippen LogP contribution is 2.24. The summed E-state index contributed by atoms with van der Waals surface area (Å²) in [5, 5.41) is 2.84. The molecule has 2 aromatic carbocycles. The van der Waals surface area contributed by atoms with Gasteiger partial charge in [0.25, 0.3) is 5.91 Å². The molecule has 6 nitrogen and oxygen atoms in total. The predicted molar refractivity (Wildman–Crippen MR) is 106 cm³/mol. The number of anilines is 3. The molecule has 0 fully saturated rings. The lowest BCUT2D eigenvalue weighted by molar-refractivity contribution is 0.102. The van der Waals surface area contributed by atoms with E-state index in [0.29, 0.717) is 22.7 Å². The summed E-state index contributed by atoms with van der Waals surface area (Å²) in [6.45, 7) is 0. The Kier molecular flexibility index (Phi) is 5.56. The fourth-order valence-electron chi connectivity index (χ4n) is 2.58. The summed E-state index contributed by atoms with van der Waals surface area (Å²) in [6, 6.07) is 18.6. The third-order valence-corrected chi connectivity index (χ3v) is 4.11. The molecule has 1 aromatic heterocycles. The molecule has 0 bridgehead atoms. The van der Waals surface area contributed by atoms with Crippen LogP contribution in [0.4, 0.5) is 17.2 Å². The van der Waals surface area contributed by atoms with Gasteiger partial charge in [0.2, 0.25) is 0 Å². The van der Waals surface area contributed by atoms with Crippen molar-refractivity contribution in [3.05, 3.63) is 72.4 Å². The molecule has 0 unspecified atom stereocenters. The molecular formula is C21H21N3O3. The largest absolute Gasteiger partial charge is 0.497 e. The molecule has 1 N–H and O–H groups in total. The van der Waals surface area contributed by atoms with E-state index >= 15 is 0 Å². The second-order valence-corrected chi connectivity index (χ2v) is 5.86. The summed E-state index contributed by atoms with van der Waals surface area (Å²) in [4.78, 5) is 18.9. The average Bonchev–Trinajstić information content (AvgIpc) is 2.74. The van der Waals surface area contributed by atoms with Crippen molar-refractivity contribution in [3.63, 3.8) is 0 Å². The number of pyridine rings is 1. The maximum atomic E-state index is 12.5. The molecule has 0 spiro atoms. The van der Waals surface area contributed by atoms with Crippen molar-refractivity contribution in [2.45, 2.75) is 0 Å². The van der Waals surface area contributed by atoms with Crippen molar-refractivity contribution in [3.8, 4) is 11.5 Å². The number of benzene rings is 2. The second kappa shape index (κ2) is 8.23. The summed E-state index contributed by atoms with van der Waals surface area (Å²) >= 11 is 0. The zero-order valence-electron chi connectivity index (χ0n) is 15.5. The number of rotatable bonds is 6. The van der Waals surface area contributed by atoms with E-state index in [9.17, 15) is 4.79 Å². The van der Waals surface area contributed by atoms with E-state index < -0.39 is 0 Å². The maximum absolute atomic E-state index is 12.5. The number of aromatic nitrogens is 1. The molecule has 0 aliphatic rings. The third-order valence-electron chi connectivity index (χ3n) is 4.11. The Hall–Kier alpha value is -3.54. The van der Waals surface area contributed by atoms with E-state index in [4.69, 9.17) is 9.47 Å². The smallest absolute Gasteiger partial charge is 0.255 e. The van der Waals surface area contributed by atoms with Gasteiger partial charge in [0.15, 0.2) is 0 Å². The van der Waals surface area contributed by atoms with Gasteiger partial charge in [-0.2, -0.15) is 0 Å². The zero-order valence-corrected chi connectivity index (χ0v) is 15.5. The van der Waals surface area contributed by atoms with E-state index in [0.717, 1.165) is 11.5 Å². The van der Waals surface area contributed by atoms with Crippen LogP contribution in [0.3, 0.4) is 0 Å². The van der Waals surface area contributed by atoms with Crippen molar-refractivity contribution >= 4 is 23.1 Å². The molecule has 0 atom stereocenters. The molecule has 27 heavy (non-hydrogen) atoms. The first-order chi connectivity index (χ1) is 13.1. The van der Waals surface area contributed by atoms with Crippen molar-refractivity contribution in [2.75, 3.05) is 31.5 Å². The Morgan fingerprint density at radius 1 is 0.963 bits per heavy atom. The minimum atomic E-state index is -0.266. The first-order valence-electron chi connectivity index (χ1n) is 8.40. The van der Waals surface area contributed by atoms with Crippen molar-refractivity contribution in [2.24, 2.45) is 0 Å². The zero-order chi connectivity index (χ0) is 19.2. The van der Waals surface area contributed by atoms with Crippen LogP contribution in [-0.2, 0) is 0 Å². The lowest BCUT2D eigenvalue weighted by atomic mass is 10.2. The Morgan fingerprint density at radius 3 is 2.19 bits per heavy atom. The van der Waals surface area contributed by atoms with Crippen LogP contribution in [0.2, 0.25) is 0 Å². The molecule has 3 rings (SSSR count). The molecule has 0 saturated heterocycles. The van der Waals surface area contributed by atoms with Gasteiger partial charge in [0, 0.05) is 24.4 Å². The number of carbonyl (C=O) groups excluding carboxylic acids is 1. The first-order valence-corrected chi connectivity index (χ1v) is 8.40. The number of nitrogens with zero attached hydrogens (tertiary/aromatic N) is 2. The lowest BCUT2D eigenvalue weighted by Crippen LogP contribution is -2.14. The van der Waals surface area contributed by atoms with Gasteiger partial charge in [-0.15, -0.1) is 0 Å². The molecule has 3 aromatic rings. The van der Waals surface area contributed by atoms with Crippen LogP contribution in [0.1, 0.15) is 10.4 Å². The summed E-state index contributed by atoms with van der Waals surface area (Å²) in [5.74, 6) is 1.62. The van der Waals surface area contributed by atoms with Gasteiger partial charge in [0.05, 0.1) is 26.1 Å². The van der Waals surface area contributed by atoms with Gasteiger partial charge in [-0.3, -0.25) is 4.79 Å². The quantitative estimate of drug-likeness (QED) is 0.714. The summed E-state index contributed by atoms with van der Waals surface area (Å²) < 4.78 is 10.4. The van der Waals surface area contributed by atoms with Crippen LogP contribution in [-0.4, -0.2) is 32.2 Å². The van der Waals surface area contributed by atoms with E-state index in [1.165, 1.54) is 0 Å². The van der Waals surface area contributed by atoms with Crippen LogP contribution >= 0.6 is 0 Å². The van der Waals surface area contributed by atoms with Gasteiger partial charge in [-0.25, -0.2) is 4.98 Å². The van der Waals surface area contributed by atoms with Gasteiger partial charge in [0.1, 0.15) is 17.3 Å². The predicted octanol–water partition coefficient (Wildman–Crippen LogP) is 4.12. The fraction of sp³-hybridized carbons (Fsp3) is 0.143. The minimum absolute atomic E-state index is 0.266. The molecule has 1 amide bonds. The maximum Gasteiger partial charge on any atom is 0.255 e. The number of nitrogens with one attached hydrogen (secondary N) is 1. The first kappa shape index (κ1) is 18.3. The number of hydrogen-bond donors (Lipinski definition) is 1. The summed E-state index contributed by atoms with van der Waals surface area (Å²) in [7, 11) is 5.03. The highest BCUT2D eigenvalue weighted by atomic mass is 16.5. The second-order valence-electron chi connectivity index (χ2n) is 5.86. The van der Waals surface area contributed by atoms with Gasteiger partial charge in [-0.1, -0.05) is 18.2 Å². The molecule has 6 heteroatoms. The molecule has 0 aliphatic heterocycles. The van der Waals surface area contributed by atoms with Crippen LogP contribution < -0.4 is 19.7 Å². The number of hydrogen-bond acceptors (Lipinski definition) is 5. The molecule has 0 aliphatic carbocycles. The number of ether oxygens (including phenoxy) is 2. The molecule has 1 heterocycles. The number of methoxy groups -OCH3 is 2. The normalized spacial score (nSPS) is 10.2. The lowest BCUT2D eigenvalue weighted by Gasteiger charge is -2.18. The monoisotopic (exact) mass is 363 g/mol. The average molecular weight is 363 g/mol. The highest BCUT2D eigenvalue weighted by Gasteiger charge is 2.11. The van der Waals surface area contributed by atoms with Crippen molar-refractivity contribution in [1.82, 2.24) is 4.98 Å². The van der Waals surface area contributed by atoms with Gasteiger partial charge in [-0.05, 0) is 36.4 Å². The van der Waals surface area contributed by atoms with E-state index in [-0.39, 0.29) is 5.91 Å². The number of amides is 1.